The first kappa shape index (κ1) is 12.8. The van der Waals surface area contributed by atoms with E-state index in [4.69, 9.17) is 0 Å². The van der Waals surface area contributed by atoms with Gasteiger partial charge >= 0.3 is 0 Å². The zero-order valence-corrected chi connectivity index (χ0v) is 11.3. The summed E-state index contributed by atoms with van der Waals surface area (Å²) < 4.78 is 0. The minimum atomic E-state index is -0.818. The normalized spacial score (nSPS) is 14.2. The molecule has 1 nitrogen and oxygen atoms in total. The first-order valence-corrected chi connectivity index (χ1v) is 6.32. The van der Waals surface area contributed by atoms with E-state index in [1.807, 2.05) is 38.1 Å². The van der Waals surface area contributed by atoms with Gasteiger partial charge in [0.1, 0.15) is 0 Å². The van der Waals surface area contributed by atoms with Crippen molar-refractivity contribution in [1.82, 2.24) is 0 Å². The standard InChI is InChI=1S/C17H20O/c1-13-7-9-15(10-8-13)12-17(3,18)16-6-4-5-14(2)11-16/h4-11,18H,12H2,1-3H3. The van der Waals surface area contributed by atoms with Crippen molar-refractivity contribution in [2.24, 2.45) is 0 Å². The van der Waals surface area contributed by atoms with Gasteiger partial charge in [-0.25, -0.2) is 0 Å². The molecule has 0 amide bonds. The van der Waals surface area contributed by atoms with Gasteiger partial charge in [0, 0.05) is 6.42 Å². The molecule has 1 unspecified atom stereocenters. The molecule has 0 aliphatic heterocycles. The molecule has 1 atom stereocenters. The SMILES string of the molecule is Cc1ccc(CC(C)(O)c2cccc(C)c2)cc1. The molecule has 0 aliphatic rings. The van der Waals surface area contributed by atoms with Crippen LogP contribution in [0.15, 0.2) is 48.5 Å². The zero-order chi connectivity index (χ0) is 13.2. The number of aliphatic hydroxyl groups is 1. The highest BCUT2D eigenvalue weighted by Crippen LogP contribution is 2.26. The van der Waals surface area contributed by atoms with E-state index in [9.17, 15) is 5.11 Å². The van der Waals surface area contributed by atoms with Crippen molar-refractivity contribution in [3.05, 3.63) is 70.8 Å². The monoisotopic (exact) mass is 240 g/mol. The van der Waals surface area contributed by atoms with Crippen LogP contribution in [0.25, 0.3) is 0 Å². The van der Waals surface area contributed by atoms with E-state index >= 15 is 0 Å². The topological polar surface area (TPSA) is 20.2 Å². The number of aryl methyl sites for hydroxylation is 2. The lowest BCUT2D eigenvalue weighted by molar-refractivity contribution is 0.0575. The van der Waals surface area contributed by atoms with Crippen LogP contribution >= 0.6 is 0 Å². The molecule has 94 valence electrons. The second-order valence-electron chi connectivity index (χ2n) is 5.31. The van der Waals surface area contributed by atoms with Crippen LogP contribution in [0.1, 0.15) is 29.2 Å². The molecule has 0 spiro atoms. The van der Waals surface area contributed by atoms with Crippen molar-refractivity contribution >= 4 is 0 Å². The van der Waals surface area contributed by atoms with Crippen molar-refractivity contribution in [2.45, 2.75) is 32.8 Å². The minimum Gasteiger partial charge on any atom is -0.385 e. The molecule has 0 saturated heterocycles. The first-order valence-electron chi connectivity index (χ1n) is 6.32. The molecule has 2 aromatic rings. The summed E-state index contributed by atoms with van der Waals surface area (Å²) in [5.41, 5.74) is 3.74. The van der Waals surface area contributed by atoms with E-state index in [0.717, 1.165) is 11.1 Å². The van der Waals surface area contributed by atoms with Crippen LogP contribution in [0.4, 0.5) is 0 Å². The molecule has 0 bridgehead atoms. The first-order chi connectivity index (χ1) is 8.47. The van der Waals surface area contributed by atoms with Crippen LogP contribution in [0.5, 0.6) is 0 Å². The summed E-state index contributed by atoms with van der Waals surface area (Å²) in [6.45, 7) is 6.00. The molecule has 18 heavy (non-hydrogen) atoms. The Morgan fingerprint density at radius 1 is 0.944 bits per heavy atom. The molecule has 0 aromatic heterocycles. The van der Waals surface area contributed by atoms with Gasteiger partial charge in [0.15, 0.2) is 0 Å². The van der Waals surface area contributed by atoms with E-state index in [2.05, 4.69) is 31.2 Å². The van der Waals surface area contributed by atoms with Crippen LogP contribution in [-0.4, -0.2) is 5.11 Å². The van der Waals surface area contributed by atoms with E-state index in [-0.39, 0.29) is 0 Å². The Labute approximate surface area is 109 Å². The fourth-order valence-electron chi connectivity index (χ4n) is 2.19. The van der Waals surface area contributed by atoms with Gasteiger partial charge < -0.3 is 5.11 Å². The highest BCUT2D eigenvalue weighted by Gasteiger charge is 2.23. The number of hydrogen-bond donors (Lipinski definition) is 1. The molecule has 0 fully saturated rings. The molecule has 0 saturated carbocycles. The van der Waals surface area contributed by atoms with Crippen LogP contribution in [0.2, 0.25) is 0 Å². The van der Waals surface area contributed by atoms with Crippen molar-refractivity contribution < 1.29 is 5.11 Å². The Kier molecular flexibility index (Phi) is 3.53. The molecular formula is C17H20O. The Bertz CT molecular complexity index is 524. The molecular weight excluding hydrogens is 220 g/mol. The predicted molar refractivity (Wildman–Crippen MR) is 75.6 cm³/mol. The average Bonchev–Trinajstić information content (AvgIpc) is 2.32. The van der Waals surface area contributed by atoms with Gasteiger partial charge in [0.25, 0.3) is 0 Å². The molecule has 0 radical (unpaired) electrons. The van der Waals surface area contributed by atoms with E-state index in [1.54, 1.807) is 0 Å². The lowest BCUT2D eigenvalue weighted by Gasteiger charge is -2.24. The third-order valence-corrected chi connectivity index (χ3v) is 3.31. The average molecular weight is 240 g/mol. The lowest BCUT2D eigenvalue weighted by Crippen LogP contribution is -2.24. The maximum absolute atomic E-state index is 10.6. The summed E-state index contributed by atoms with van der Waals surface area (Å²) >= 11 is 0. The largest absolute Gasteiger partial charge is 0.385 e. The van der Waals surface area contributed by atoms with Gasteiger partial charge in [-0.05, 0) is 31.9 Å². The van der Waals surface area contributed by atoms with Gasteiger partial charge in [0.2, 0.25) is 0 Å². The van der Waals surface area contributed by atoms with E-state index < -0.39 is 5.60 Å². The van der Waals surface area contributed by atoms with Gasteiger partial charge in [-0.2, -0.15) is 0 Å². The summed E-state index contributed by atoms with van der Waals surface area (Å²) in [5.74, 6) is 0. The molecule has 2 aromatic carbocycles. The Morgan fingerprint density at radius 3 is 2.22 bits per heavy atom. The second-order valence-corrected chi connectivity index (χ2v) is 5.31. The molecule has 1 heteroatoms. The number of benzene rings is 2. The quantitative estimate of drug-likeness (QED) is 0.866. The van der Waals surface area contributed by atoms with Gasteiger partial charge in [-0.15, -0.1) is 0 Å². The smallest absolute Gasteiger partial charge is 0.0908 e. The Hall–Kier alpha value is -1.60. The van der Waals surface area contributed by atoms with Crippen molar-refractivity contribution in [2.75, 3.05) is 0 Å². The fourth-order valence-corrected chi connectivity index (χ4v) is 2.19. The van der Waals surface area contributed by atoms with Gasteiger partial charge in [-0.1, -0.05) is 59.7 Å². The van der Waals surface area contributed by atoms with Crippen LogP contribution < -0.4 is 0 Å². The summed E-state index contributed by atoms with van der Waals surface area (Å²) in [7, 11) is 0. The maximum Gasteiger partial charge on any atom is 0.0908 e. The van der Waals surface area contributed by atoms with Crippen molar-refractivity contribution in [3.63, 3.8) is 0 Å². The molecule has 0 heterocycles. The van der Waals surface area contributed by atoms with E-state index in [1.165, 1.54) is 11.1 Å². The van der Waals surface area contributed by atoms with Gasteiger partial charge in [0.05, 0.1) is 5.60 Å². The summed E-state index contributed by atoms with van der Waals surface area (Å²) in [4.78, 5) is 0. The maximum atomic E-state index is 10.6. The van der Waals surface area contributed by atoms with Crippen LogP contribution in [0, 0.1) is 13.8 Å². The third-order valence-electron chi connectivity index (χ3n) is 3.31. The number of hydrogen-bond acceptors (Lipinski definition) is 1. The summed E-state index contributed by atoms with van der Waals surface area (Å²) in [5, 5.41) is 10.6. The second kappa shape index (κ2) is 4.95. The highest BCUT2D eigenvalue weighted by atomic mass is 16.3. The molecule has 2 rings (SSSR count). The summed E-state index contributed by atoms with van der Waals surface area (Å²) in [6, 6.07) is 16.4. The van der Waals surface area contributed by atoms with Crippen molar-refractivity contribution in [1.29, 1.82) is 0 Å². The third kappa shape index (κ3) is 2.99. The highest BCUT2D eigenvalue weighted by molar-refractivity contribution is 5.30. The zero-order valence-electron chi connectivity index (χ0n) is 11.3. The van der Waals surface area contributed by atoms with Crippen LogP contribution in [-0.2, 0) is 12.0 Å². The lowest BCUT2D eigenvalue weighted by atomic mass is 9.88. The minimum absolute atomic E-state index is 0.636. The Balaban J connectivity index is 2.23. The molecule has 0 aliphatic carbocycles. The predicted octanol–water partition coefficient (Wildman–Crippen LogP) is 3.75. The Morgan fingerprint density at radius 2 is 1.61 bits per heavy atom. The van der Waals surface area contributed by atoms with E-state index in [0.29, 0.717) is 6.42 Å². The van der Waals surface area contributed by atoms with Gasteiger partial charge in [-0.3, -0.25) is 0 Å². The van der Waals surface area contributed by atoms with Crippen molar-refractivity contribution in [3.8, 4) is 0 Å². The number of rotatable bonds is 3. The van der Waals surface area contributed by atoms with Crippen LogP contribution in [0.3, 0.4) is 0 Å². The molecule has 1 N–H and O–H groups in total. The fraction of sp³-hybridized carbons (Fsp3) is 0.294. The summed E-state index contributed by atoms with van der Waals surface area (Å²) in [6.07, 6.45) is 0.636.